The lowest BCUT2D eigenvalue weighted by atomic mass is 9.78. The molecule has 2 aromatic carbocycles. The van der Waals surface area contributed by atoms with Crippen LogP contribution >= 0.6 is 22.6 Å². The molecule has 1 fully saturated rings. The molecule has 11 atom stereocenters. The molecule has 5 bridgehead atoms. The number of halogens is 1. The van der Waals surface area contributed by atoms with Crippen LogP contribution in [-0.4, -0.2) is 121 Å². The second-order valence-corrected chi connectivity index (χ2v) is 20.6. The van der Waals surface area contributed by atoms with Gasteiger partial charge in [-0.15, -0.1) is 0 Å². The van der Waals surface area contributed by atoms with Gasteiger partial charge in [0.1, 0.15) is 28.6 Å². The van der Waals surface area contributed by atoms with Crippen molar-refractivity contribution in [1.82, 2.24) is 4.90 Å². The Bertz CT molecular complexity index is 2480. The van der Waals surface area contributed by atoms with Crippen LogP contribution in [0.15, 0.2) is 46.1 Å². The van der Waals surface area contributed by atoms with Gasteiger partial charge in [0.05, 0.1) is 40.9 Å². The number of likely N-dealkylation sites (tertiary alicyclic amines) is 1. The number of ether oxygens (including phenoxy) is 4. The predicted octanol–water partition coefficient (Wildman–Crippen LogP) is 5.01. The number of aliphatic hydroxyl groups is 2. The molecule has 2 aromatic rings. The molecule has 5 heterocycles. The van der Waals surface area contributed by atoms with E-state index in [4.69, 9.17) is 28.9 Å². The third-order valence-corrected chi connectivity index (χ3v) is 14.1. The van der Waals surface area contributed by atoms with E-state index in [2.05, 4.69) is 39.7 Å². The Morgan fingerprint density at radius 3 is 2.24 bits per heavy atom. The Balaban J connectivity index is 1.52. The monoisotopic (exact) mass is 1030 g/mol. The summed E-state index contributed by atoms with van der Waals surface area (Å²) >= 11 is 2.39. The number of amides is 1. The second-order valence-electron chi connectivity index (χ2n) is 18.5. The normalized spacial score (nSPS) is 31.9. The van der Waals surface area contributed by atoms with Crippen LogP contribution in [0.1, 0.15) is 90.6 Å². The summed E-state index contributed by atoms with van der Waals surface area (Å²) in [5, 5.41) is 60.2. The van der Waals surface area contributed by atoms with E-state index < -0.39 is 101 Å². The van der Waals surface area contributed by atoms with Gasteiger partial charge in [0, 0.05) is 90.6 Å². The zero-order chi connectivity index (χ0) is 48.7. The lowest BCUT2D eigenvalue weighted by molar-refractivity contribution is -0.173. The fraction of sp³-hybridized carbons (Fsp3) is 0.583. The largest absolute Gasteiger partial charge is 0.507 e. The number of fused-ring (bicyclic) bond motifs is 13. The van der Waals surface area contributed by atoms with Crippen molar-refractivity contribution in [3.05, 3.63) is 58.0 Å². The van der Waals surface area contributed by atoms with Crippen LogP contribution in [0.2, 0.25) is 0 Å². The number of hydrogen-bond acceptors (Lipinski definition) is 15. The summed E-state index contributed by atoms with van der Waals surface area (Å²) in [7, 11) is 1.40. The van der Waals surface area contributed by atoms with Crippen LogP contribution < -0.4 is 20.8 Å². The van der Waals surface area contributed by atoms with Crippen molar-refractivity contribution in [3.63, 3.8) is 0 Å². The minimum atomic E-state index is -2.03. The molecule has 5 aliphatic rings. The number of allylic oxidation sites excluding steroid dienone is 2. The molecule has 7 rings (SSSR count). The van der Waals surface area contributed by atoms with E-state index >= 15 is 0 Å². The Labute approximate surface area is 397 Å². The molecule has 0 radical (unpaired) electrons. The maximum atomic E-state index is 14.8. The second kappa shape index (κ2) is 19.9. The van der Waals surface area contributed by atoms with Crippen LogP contribution in [-0.2, 0) is 28.6 Å². The lowest BCUT2D eigenvalue weighted by Crippen LogP contribution is -2.47. The number of benzene rings is 2. The van der Waals surface area contributed by atoms with Crippen molar-refractivity contribution in [2.75, 3.05) is 32.1 Å². The highest BCUT2D eigenvalue weighted by molar-refractivity contribution is 14.1. The number of piperidine rings is 1. The number of carbonyl (C=O) groups excluding carboxylic acids is 3. The van der Waals surface area contributed by atoms with Gasteiger partial charge in [0.25, 0.3) is 11.7 Å². The summed E-state index contributed by atoms with van der Waals surface area (Å²) in [5.74, 6) is -11.1. The molecule has 1 amide bonds. The molecule has 0 aliphatic carbocycles. The number of aromatic hydroxyl groups is 2. The molecule has 1 saturated heterocycles. The molecule has 2 unspecified atom stereocenters. The van der Waals surface area contributed by atoms with Crippen molar-refractivity contribution >= 4 is 62.7 Å². The van der Waals surface area contributed by atoms with Gasteiger partial charge in [-0.25, -0.2) is 0 Å². The fourth-order valence-corrected chi connectivity index (χ4v) is 10.1. The minimum absolute atomic E-state index is 0.00160. The molecule has 17 nitrogen and oxygen atoms in total. The highest BCUT2D eigenvalue weighted by atomic mass is 127. The third kappa shape index (κ3) is 9.57. The van der Waals surface area contributed by atoms with Crippen molar-refractivity contribution < 1.29 is 63.7 Å². The highest BCUT2D eigenvalue weighted by Gasteiger charge is 2.50. The first-order valence-electron chi connectivity index (χ1n) is 22.5. The minimum Gasteiger partial charge on any atom is -0.507 e. The molecule has 0 aromatic heterocycles. The van der Waals surface area contributed by atoms with Gasteiger partial charge in [0.15, 0.2) is 17.3 Å². The first-order chi connectivity index (χ1) is 31.0. The number of nitrogens with zero attached hydrogens (tertiary/aromatic N) is 3. The zero-order valence-electron chi connectivity index (χ0n) is 39.1. The summed E-state index contributed by atoms with van der Waals surface area (Å²) in [6.45, 7) is 17.1. The van der Waals surface area contributed by atoms with Crippen molar-refractivity contribution in [1.29, 1.82) is 0 Å². The number of carboxylic acids is 1. The van der Waals surface area contributed by atoms with Gasteiger partial charge in [0.2, 0.25) is 0 Å². The number of esters is 1. The number of phenolic OH excluding ortho intramolecular Hbond substituents is 2. The zero-order valence-corrected chi connectivity index (χ0v) is 41.3. The number of Topliss-reactive ketones (excluding diaryl/α,β-unsaturated/α-hetero) is 1. The summed E-state index contributed by atoms with van der Waals surface area (Å²) in [5.41, 5.74) is -0.765. The van der Waals surface area contributed by atoms with Gasteiger partial charge < -0.3 is 54.7 Å². The molecule has 18 heteroatoms. The maximum Gasteiger partial charge on any atom is 0.320 e. The molecular weight excluding hydrogens is 967 g/mol. The van der Waals surface area contributed by atoms with Crippen LogP contribution in [0.25, 0.3) is 10.8 Å². The molecule has 6 N–H and O–H groups in total. The molecule has 66 heavy (non-hydrogen) atoms. The summed E-state index contributed by atoms with van der Waals surface area (Å²) in [6, 6.07) is 0. The Morgan fingerprint density at radius 2 is 1.64 bits per heavy atom. The summed E-state index contributed by atoms with van der Waals surface area (Å²) in [6.07, 6.45) is 3.92. The summed E-state index contributed by atoms with van der Waals surface area (Å²) < 4.78 is 24.6. The number of methoxy groups -OCH3 is 1. The number of carboxylic acid groups (broad SMARTS) is 1. The van der Waals surface area contributed by atoms with Gasteiger partial charge in [-0.2, -0.15) is 0 Å². The van der Waals surface area contributed by atoms with E-state index in [0.717, 1.165) is 6.54 Å². The first-order valence-corrected chi connectivity index (χ1v) is 23.7. The number of ketones is 1. The quantitative estimate of drug-likeness (QED) is 0.0703. The third-order valence-electron chi connectivity index (χ3n) is 13.7. The van der Waals surface area contributed by atoms with Crippen LogP contribution in [0.5, 0.6) is 17.2 Å². The standard InChI is InChI=1S/C48H63IN4O13/c1-11-29(45(60)61)46(62)65-41-25(5)30(63-10)15-20-64-47(9)43(58)33-31-32(39(56)28(8)42(33)66-47)40(57)36(35-34(31)51-48(52-35)16-18-53(19-17-48)21-24(4)49)50-44(59)23(3)14-12-13-22(2)37(54)26(6)38(55)27(41)7/h12-15,20,22,24-27,29-30,37-38,41,54-57H,11,16-19,21H2,1-10H3,(H,50,59)(H,60,61)/b13-12+,20-15+,23-14-/t22-,24?,25+,26+,27+,29?,30-,37-,38+,41+,47-/m0/s1. The molecule has 360 valence electrons. The van der Waals surface area contributed by atoms with Gasteiger partial charge in [-0.05, 0) is 26.3 Å². The maximum absolute atomic E-state index is 14.8. The van der Waals surface area contributed by atoms with Gasteiger partial charge >= 0.3 is 17.7 Å². The van der Waals surface area contributed by atoms with Crippen LogP contribution in [0.4, 0.5) is 5.69 Å². The number of aliphatic hydroxyl groups excluding tert-OH is 2. The van der Waals surface area contributed by atoms with E-state index in [1.165, 1.54) is 39.4 Å². The van der Waals surface area contributed by atoms with Crippen molar-refractivity contribution in [3.8, 4) is 17.2 Å². The molecular formula is C48H63IN4O13. The highest BCUT2D eigenvalue weighted by Crippen LogP contribution is 2.50. The molecule has 5 aliphatic heterocycles. The van der Waals surface area contributed by atoms with E-state index in [1.54, 1.807) is 53.7 Å². The summed E-state index contributed by atoms with van der Waals surface area (Å²) in [4.78, 5) is 66.8. The molecule has 0 saturated carbocycles. The predicted molar refractivity (Wildman–Crippen MR) is 252 cm³/mol. The van der Waals surface area contributed by atoms with Gasteiger partial charge in [-0.3, -0.25) is 29.2 Å². The number of carbonyl (C=O) groups is 4. The van der Waals surface area contributed by atoms with Crippen molar-refractivity contribution in [2.45, 2.75) is 121 Å². The Morgan fingerprint density at radius 1 is 0.985 bits per heavy atom. The van der Waals surface area contributed by atoms with Crippen LogP contribution in [0.3, 0.4) is 0 Å². The van der Waals surface area contributed by atoms with Crippen LogP contribution in [0, 0.1) is 36.5 Å². The lowest BCUT2D eigenvalue weighted by Gasteiger charge is -2.38. The number of nitrogens with one attached hydrogen (secondary N) is 1. The number of aliphatic carboxylic acids is 1. The average Bonchev–Trinajstić information content (AvgIpc) is 3.77. The Kier molecular flexibility index (Phi) is 15.3. The fourth-order valence-electron chi connectivity index (χ4n) is 9.51. The average molecular weight is 1030 g/mol. The topological polar surface area (TPSA) is 246 Å². The number of anilines is 1. The first kappa shape index (κ1) is 50.8. The van der Waals surface area contributed by atoms with E-state index in [0.29, 0.717) is 29.9 Å². The number of hydrogen-bond donors (Lipinski definition) is 6. The smallest absolute Gasteiger partial charge is 0.320 e. The van der Waals surface area contributed by atoms with E-state index in [9.17, 15) is 44.7 Å². The number of rotatable bonds is 7. The molecule has 1 spiro atoms. The van der Waals surface area contributed by atoms with E-state index in [-0.39, 0.29) is 56.0 Å². The Hall–Kier alpha value is -4.63. The number of alkyl halides is 1. The van der Waals surface area contributed by atoms with Crippen molar-refractivity contribution in [2.24, 2.45) is 39.6 Å². The van der Waals surface area contributed by atoms with Gasteiger partial charge in [-0.1, -0.05) is 82.4 Å². The SMILES string of the molecule is CCC(C(=O)O)C(=O)O[C@H]1[C@H](C)[C@H](O)[C@H](C)[C@@H](O)[C@@H](C)/C=C/C=C(/C)C(=O)Nc2c(O)c3c(O)c(C)c4c(c3c3c2=NC2(CCN(CC(C)I)CC2)N=3)C(=O)[C@@](C)(O/C=C/[C@H](OC)[C@H]1C)O4. The van der Waals surface area contributed by atoms with E-state index in [1.807, 2.05) is 0 Å². The number of phenols is 2.